The first-order valence-corrected chi connectivity index (χ1v) is 5.73. The van der Waals surface area contributed by atoms with Crippen LogP contribution in [0.5, 0.6) is 0 Å². The Balaban J connectivity index is 2.00. The van der Waals surface area contributed by atoms with E-state index >= 15 is 0 Å². The maximum absolute atomic E-state index is 8.87. The number of rotatable bonds is 8. The lowest BCUT2D eigenvalue weighted by atomic mass is 10.2. The van der Waals surface area contributed by atoms with Crippen molar-refractivity contribution in [2.75, 3.05) is 19.7 Å². The molecule has 78 valence electrons. The van der Waals surface area contributed by atoms with Crippen molar-refractivity contribution in [2.45, 2.75) is 51.5 Å². The van der Waals surface area contributed by atoms with Gasteiger partial charge in [0.25, 0.3) is 0 Å². The van der Waals surface area contributed by atoms with Crippen molar-refractivity contribution in [3.8, 4) is 0 Å². The van der Waals surface area contributed by atoms with Gasteiger partial charge in [-0.05, 0) is 25.8 Å². The van der Waals surface area contributed by atoms with Crippen LogP contribution in [0, 0.1) is 0 Å². The Morgan fingerprint density at radius 1 is 1.15 bits per heavy atom. The quantitative estimate of drug-likeness (QED) is 0.585. The normalized spacial score (nSPS) is 16.8. The van der Waals surface area contributed by atoms with E-state index in [1.807, 2.05) is 0 Å². The van der Waals surface area contributed by atoms with Gasteiger partial charge in [0, 0.05) is 12.6 Å². The molecule has 0 amide bonds. The lowest BCUT2D eigenvalue weighted by Crippen LogP contribution is -2.30. The Bertz CT molecular complexity index is 123. The first-order chi connectivity index (χ1) is 6.38. The highest BCUT2D eigenvalue weighted by molar-refractivity contribution is 4.84. The van der Waals surface area contributed by atoms with Crippen LogP contribution >= 0.6 is 0 Å². The van der Waals surface area contributed by atoms with E-state index in [1.54, 1.807) is 0 Å². The summed E-state index contributed by atoms with van der Waals surface area (Å²) in [7, 11) is 0. The number of hydrogen-bond donors (Lipinski definition) is 1. The van der Waals surface area contributed by atoms with Gasteiger partial charge in [0.15, 0.2) is 0 Å². The summed E-state index contributed by atoms with van der Waals surface area (Å²) in [5.74, 6) is 0. The van der Waals surface area contributed by atoms with Gasteiger partial charge in [-0.25, -0.2) is 0 Å². The van der Waals surface area contributed by atoms with Crippen LogP contribution in [-0.2, 0) is 0 Å². The van der Waals surface area contributed by atoms with E-state index in [4.69, 9.17) is 5.11 Å². The number of unbranched alkanes of at least 4 members (excludes halogenated alkanes) is 3. The molecular weight excluding hydrogens is 162 g/mol. The molecule has 1 aliphatic rings. The molecule has 0 aromatic rings. The lowest BCUT2D eigenvalue weighted by Gasteiger charge is -2.20. The standard InChI is InChI=1S/C11H23NO/c1-2-3-4-5-8-12(9-10-13)11-6-7-11/h11,13H,2-10H2,1H3. The van der Waals surface area contributed by atoms with E-state index in [-0.39, 0.29) is 0 Å². The summed E-state index contributed by atoms with van der Waals surface area (Å²) in [6.07, 6.45) is 8.04. The maximum Gasteiger partial charge on any atom is 0.0558 e. The fraction of sp³-hybridized carbons (Fsp3) is 1.00. The largest absolute Gasteiger partial charge is 0.395 e. The lowest BCUT2D eigenvalue weighted by molar-refractivity contribution is 0.186. The van der Waals surface area contributed by atoms with Crippen LogP contribution in [0.4, 0.5) is 0 Å². The minimum absolute atomic E-state index is 0.324. The van der Waals surface area contributed by atoms with Crippen molar-refractivity contribution >= 4 is 0 Å². The van der Waals surface area contributed by atoms with Crippen molar-refractivity contribution < 1.29 is 5.11 Å². The average Bonchev–Trinajstić information content (AvgIpc) is 2.93. The minimum Gasteiger partial charge on any atom is -0.395 e. The van der Waals surface area contributed by atoms with Crippen LogP contribution in [0.15, 0.2) is 0 Å². The highest BCUT2D eigenvalue weighted by atomic mass is 16.3. The average molecular weight is 185 g/mol. The minimum atomic E-state index is 0.324. The van der Waals surface area contributed by atoms with Gasteiger partial charge in [-0.3, -0.25) is 4.90 Å². The van der Waals surface area contributed by atoms with Crippen LogP contribution < -0.4 is 0 Å². The van der Waals surface area contributed by atoms with Gasteiger partial charge < -0.3 is 5.11 Å². The summed E-state index contributed by atoms with van der Waals surface area (Å²) in [5, 5.41) is 8.87. The van der Waals surface area contributed by atoms with Gasteiger partial charge in [0.1, 0.15) is 0 Å². The number of nitrogens with zero attached hydrogens (tertiary/aromatic N) is 1. The zero-order valence-corrected chi connectivity index (χ0v) is 8.84. The van der Waals surface area contributed by atoms with E-state index in [9.17, 15) is 0 Å². The second-order valence-corrected chi connectivity index (χ2v) is 4.05. The Kier molecular flexibility index (Phi) is 5.40. The molecule has 1 rings (SSSR count). The van der Waals surface area contributed by atoms with E-state index in [0.717, 1.165) is 12.6 Å². The van der Waals surface area contributed by atoms with E-state index in [2.05, 4.69) is 11.8 Å². The molecule has 2 heteroatoms. The van der Waals surface area contributed by atoms with Crippen LogP contribution in [0.25, 0.3) is 0 Å². The zero-order valence-electron chi connectivity index (χ0n) is 8.84. The molecule has 0 radical (unpaired) electrons. The molecule has 13 heavy (non-hydrogen) atoms. The monoisotopic (exact) mass is 185 g/mol. The number of aliphatic hydroxyl groups is 1. The van der Waals surface area contributed by atoms with Crippen LogP contribution in [-0.4, -0.2) is 35.7 Å². The van der Waals surface area contributed by atoms with Crippen LogP contribution in [0.2, 0.25) is 0 Å². The van der Waals surface area contributed by atoms with E-state index < -0.39 is 0 Å². The van der Waals surface area contributed by atoms with Crippen molar-refractivity contribution in [3.05, 3.63) is 0 Å². The fourth-order valence-electron chi connectivity index (χ4n) is 1.79. The summed E-state index contributed by atoms with van der Waals surface area (Å²) in [6.45, 7) is 4.65. The van der Waals surface area contributed by atoms with Gasteiger partial charge >= 0.3 is 0 Å². The molecule has 2 nitrogen and oxygen atoms in total. The Labute approximate surface area is 81.9 Å². The Morgan fingerprint density at radius 3 is 2.46 bits per heavy atom. The molecule has 0 saturated heterocycles. The van der Waals surface area contributed by atoms with Gasteiger partial charge in [-0.2, -0.15) is 0 Å². The molecule has 0 heterocycles. The van der Waals surface area contributed by atoms with Crippen molar-refractivity contribution in [1.82, 2.24) is 4.90 Å². The van der Waals surface area contributed by atoms with Crippen LogP contribution in [0.1, 0.15) is 45.4 Å². The smallest absolute Gasteiger partial charge is 0.0558 e. The summed E-state index contributed by atoms with van der Waals surface area (Å²) in [4.78, 5) is 2.45. The molecular formula is C11H23NO. The van der Waals surface area contributed by atoms with Crippen LogP contribution in [0.3, 0.4) is 0 Å². The molecule has 0 bridgehead atoms. The fourth-order valence-corrected chi connectivity index (χ4v) is 1.79. The first-order valence-electron chi connectivity index (χ1n) is 5.73. The van der Waals surface area contributed by atoms with E-state index in [1.165, 1.54) is 45.1 Å². The molecule has 0 atom stereocenters. The van der Waals surface area contributed by atoms with Crippen molar-refractivity contribution in [1.29, 1.82) is 0 Å². The second-order valence-electron chi connectivity index (χ2n) is 4.05. The molecule has 1 N–H and O–H groups in total. The molecule has 0 unspecified atom stereocenters. The third-order valence-electron chi connectivity index (χ3n) is 2.75. The van der Waals surface area contributed by atoms with Gasteiger partial charge in [0.2, 0.25) is 0 Å². The molecule has 1 aliphatic carbocycles. The highest BCUT2D eigenvalue weighted by Gasteiger charge is 2.27. The molecule has 1 fully saturated rings. The van der Waals surface area contributed by atoms with E-state index in [0.29, 0.717) is 6.61 Å². The highest BCUT2D eigenvalue weighted by Crippen LogP contribution is 2.26. The summed E-state index contributed by atoms with van der Waals surface area (Å²) < 4.78 is 0. The second kappa shape index (κ2) is 6.39. The van der Waals surface area contributed by atoms with Crippen molar-refractivity contribution in [3.63, 3.8) is 0 Å². The predicted octanol–water partition coefficient (Wildman–Crippen LogP) is 2.02. The Morgan fingerprint density at radius 2 is 1.92 bits per heavy atom. The number of hydrogen-bond acceptors (Lipinski definition) is 2. The summed E-state index contributed by atoms with van der Waals surface area (Å²) >= 11 is 0. The Hall–Kier alpha value is -0.0800. The third kappa shape index (κ3) is 4.63. The van der Waals surface area contributed by atoms with Crippen molar-refractivity contribution in [2.24, 2.45) is 0 Å². The third-order valence-corrected chi connectivity index (χ3v) is 2.75. The zero-order chi connectivity index (χ0) is 9.52. The summed E-state index contributed by atoms with van der Waals surface area (Å²) in [5.41, 5.74) is 0. The van der Waals surface area contributed by atoms with Gasteiger partial charge in [-0.1, -0.05) is 26.2 Å². The maximum atomic E-state index is 8.87. The molecule has 0 spiro atoms. The SMILES string of the molecule is CCCCCCN(CCO)C1CC1. The van der Waals surface area contributed by atoms with Gasteiger partial charge in [0.05, 0.1) is 6.61 Å². The molecule has 1 saturated carbocycles. The molecule has 0 aromatic carbocycles. The topological polar surface area (TPSA) is 23.5 Å². The first kappa shape index (κ1) is 11.0. The van der Waals surface area contributed by atoms with Gasteiger partial charge in [-0.15, -0.1) is 0 Å². The molecule has 0 aliphatic heterocycles. The molecule has 0 aromatic heterocycles. The summed E-state index contributed by atoms with van der Waals surface area (Å²) in [6, 6.07) is 0.814. The number of aliphatic hydroxyl groups excluding tert-OH is 1. The predicted molar refractivity (Wildman–Crippen MR) is 55.8 cm³/mol.